The summed E-state index contributed by atoms with van der Waals surface area (Å²) in [7, 11) is 2.16. The van der Waals surface area contributed by atoms with Gasteiger partial charge in [0.15, 0.2) is 0 Å². The van der Waals surface area contributed by atoms with Gasteiger partial charge in [0.25, 0.3) is 0 Å². The molecule has 0 radical (unpaired) electrons. The lowest BCUT2D eigenvalue weighted by Gasteiger charge is -2.22. The van der Waals surface area contributed by atoms with Crippen molar-refractivity contribution in [2.24, 2.45) is 0 Å². The van der Waals surface area contributed by atoms with Crippen LogP contribution in [0.5, 0.6) is 0 Å². The van der Waals surface area contributed by atoms with E-state index in [0.29, 0.717) is 0 Å². The molecule has 0 amide bonds. The Morgan fingerprint density at radius 3 is 3.05 bits per heavy atom. The van der Waals surface area contributed by atoms with E-state index in [1.807, 2.05) is 0 Å². The number of rotatable bonds is 1. The van der Waals surface area contributed by atoms with Crippen LogP contribution < -0.4 is 5.73 Å². The van der Waals surface area contributed by atoms with Crippen molar-refractivity contribution in [2.75, 3.05) is 19.3 Å². The molecule has 0 atom stereocenters. The first kappa shape index (κ1) is 13.7. The third-order valence-corrected chi connectivity index (χ3v) is 6.43. The zero-order chi connectivity index (χ0) is 14.6. The summed E-state index contributed by atoms with van der Waals surface area (Å²) in [6.07, 6.45) is 1.06. The molecular weight excluding hydrogens is 366 g/mol. The number of hydrogen-bond donors (Lipinski definition) is 1. The van der Waals surface area contributed by atoms with Crippen molar-refractivity contribution in [3.8, 4) is 10.6 Å². The molecule has 4 rings (SSSR count). The number of thiophene rings is 1. The van der Waals surface area contributed by atoms with Gasteiger partial charge in [0.05, 0.1) is 15.2 Å². The summed E-state index contributed by atoms with van der Waals surface area (Å²) in [4.78, 5) is 8.55. The highest BCUT2D eigenvalue weighted by Gasteiger charge is 2.24. The highest BCUT2D eigenvalue weighted by atomic mass is 79.9. The molecule has 1 aliphatic rings. The summed E-state index contributed by atoms with van der Waals surface area (Å²) in [5, 5.41) is 1.97. The molecule has 0 bridgehead atoms. The molecule has 3 aromatic rings. The molecule has 108 valence electrons. The van der Waals surface area contributed by atoms with Gasteiger partial charge in [-0.2, -0.15) is 0 Å². The molecule has 0 unspecified atom stereocenters. The molecule has 0 saturated heterocycles. The quantitative estimate of drug-likeness (QED) is 0.682. The summed E-state index contributed by atoms with van der Waals surface area (Å²) in [6, 6.07) is 6.24. The minimum Gasteiger partial charge on any atom is -0.390 e. The number of nitrogen functional groups attached to an aromatic ring is 1. The van der Waals surface area contributed by atoms with Gasteiger partial charge in [-0.15, -0.1) is 22.7 Å². The normalized spacial score (nSPS) is 15.5. The zero-order valence-electron chi connectivity index (χ0n) is 11.5. The number of halogens is 1. The van der Waals surface area contributed by atoms with Crippen molar-refractivity contribution in [2.45, 2.75) is 13.0 Å². The summed E-state index contributed by atoms with van der Waals surface area (Å²) >= 11 is 6.96. The molecule has 1 aromatic carbocycles. The lowest BCUT2D eigenvalue weighted by Crippen LogP contribution is -2.25. The van der Waals surface area contributed by atoms with E-state index >= 15 is 0 Å². The molecule has 6 heteroatoms. The van der Waals surface area contributed by atoms with Crippen molar-refractivity contribution in [1.29, 1.82) is 0 Å². The van der Waals surface area contributed by atoms with Gasteiger partial charge in [0.2, 0.25) is 0 Å². The lowest BCUT2D eigenvalue weighted by molar-refractivity contribution is 0.317. The first-order valence-corrected chi connectivity index (χ1v) is 9.19. The van der Waals surface area contributed by atoms with Crippen molar-refractivity contribution < 1.29 is 0 Å². The first-order valence-electron chi connectivity index (χ1n) is 6.77. The molecule has 0 aliphatic carbocycles. The summed E-state index contributed by atoms with van der Waals surface area (Å²) in [5.41, 5.74) is 9.94. The minimum absolute atomic E-state index is 0.911. The predicted octanol–water partition coefficient (Wildman–Crippen LogP) is 4.36. The monoisotopic (exact) mass is 379 g/mol. The van der Waals surface area contributed by atoms with Gasteiger partial charge in [-0.25, -0.2) is 4.98 Å². The average molecular weight is 380 g/mol. The molecule has 3 heterocycles. The maximum Gasteiger partial charge on any atom is 0.127 e. The highest BCUT2D eigenvalue weighted by Crippen LogP contribution is 2.44. The minimum atomic E-state index is 0.911. The molecule has 0 spiro atoms. The van der Waals surface area contributed by atoms with Crippen molar-refractivity contribution >= 4 is 53.8 Å². The maximum atomic E-state index is 6.31. The van der Waals surface area contributed by atoms with Crippen LogP contribution in [0.1, 0.15) is 10.4 Å². The molecule has 0 fully saturated rings. The number of fused-ring (bicyclic) bond motifs is 2. The molecule has 2 aromatic heterocycles. The second-order valence-electron chi connectivity index (χ2n) is 5.36. The van der Waals surface area contributed by atoms with E-state index < -0.39 is 0 Å². The predicted molar refractivity (Wildman–Crippen MR) is 95.1 cm³/mol. The van der Waals surface area contributed by atoms with Crippen LogP contribution >= 0.6 is 38.6 Å². The third-order valence-electron chi connectivity index (χ3n) is 3.84. The lowest BCUT2D eigenvalue weighted by atomic mass is 10.0. The van der Waals surface area contributed by atoms with Crippen molar-refractivity contribution in [1.82, 2.24) is 9.88 Å². The largest absolute Gasteiger partial charge is 0.390 e. The fourth-order valence-electron chi connectivity index (χ4n) is 2.79. The van der Waals surface area contributed by atoms with Crippen LogP contribution in [0.3, 0.4) is 0 Å². The van der Waals surface area contributed by atoms with Gasteiger partial charge in [0.1, 0.15) is 5.01 Å². The number of hydrogen-bond acceptors (Lipinski definition) is 5. The van der Waals surface area contributed by atoms with Crippen LogP contribution in [0.4, 0.5) is 5.00 Å². The van der Waals surface area contributed by atoms with Gasteiger partial charge >= 0.3 is 0 Å². The van der Waals surface area contributed by atoms with Crippen LogP contribution in [0, 0.1) is 0 Å². The Morgan fingerprint density at radius 1 is 1.33 bits per heavy atom. The molecule has 1 aliphatic heterocycles. The van der Waals surface area contributed by atoms with E-state index in [4.69, 9.17) is 10.7 Å². The molecular formula is C15H14BrN3S2. The summed E-state index contributed by atoms with van der Waals surface area (Å²) < 4.78 is 2.27. The third kappa shape index (κ3) is 2.30. The number of benzene rings is 1. The van der Waals surface area contributed by atoms with E-state index in [1.54, 1.807) is 22.7 Å². The van der Waals surface area contributed by atoms with E-state index in [2.05, 4.69) is 46.1 Å². The van der Waals surface area contributed by atoms with Crippen LogP contribution in [0.2, 0.25) is 0 Å². The van der Waals surface area contributed by atoms with E-state index in [9.17, 15) is 0 Å². The average Bonchev–Trinajstić information content (AvgIpc) is 2.97. The maximum absolute atomic E-state index is 6.31. The smallest absolute Gasteiger partial charge is 0.127 e. The van der Waals surface area contributed by atoms with Gasteiger partial charge < -0.3 is 10.6 Å². The standard InChI is InChI=1S/C15H14BrN3S2/c1-19-5-4-9-12(7-19)20-14(17)13(9)15-18-10-6-8(16)2-3-11(10)21-15/h2-3,6H,4-5,7,17H2,1H3. The van der Waals surface area contributed by atoms with Gasteiger partial charge in [0, 0.05) is 28.0 Å². The zero-order valence-corrected chi connectivity index (χ0v) is 14.7. The van der Waals surface area contributed by atoms with Crippen LogP contribution in [0.15, 0.2) is 22.7 Å². The van der Waals surface area contributed by atoms with Crippen LogP contribution in [-0.2, 0) is 13.0 Å². The molecule has 0 saturated carbocycles. The molecule has 2 N–H and O–H groups in total. The molecule has 21 heavy (non-hydrogen) atoms. The number of thiazole rings is 1. The summed E-state index contributed by atoms with van der Waals surface area (Å²) in [5.74, 6) is 0. The fraction of sp³-hybridized carbons (Fsp3) is 0.267. The second-order valence-corrected chi connectivity index (χ2v) is 8.44. The number of likely N-dealkylation sites (N-methyl/N-ethyl adjacent to an activating group) is 1. The fourth-order valence-corrected chi connectivity index (χ4v) is 5.44. The van der Waals surface area contributed by atoms with Crippen molar-refractivity contribution in [3.63, 3.8) is 0 Å². The van der Waals surface area contributed by atoms with E-state index in [0.717, 1.165) is 39.5 Å². The Kier molecular flexibility index (Phi) is 3.29. The van der Waals surface area contributed by atoms with Gasteiger partial charge in [-0.3, -0.25) is 0 Å². The second kappa shape index (κ2) is 5.05. The van der Waals surface area contributed by atoms with E-state index in [-0.39, 0.29) is 0 Å². The number of nitrogens with two attached hydrogens (primary N) is 1. The SMILES string of the molecule is CN1CCc2c(sc(N)c2-c2nc3cc(Br)ccc3s2)C1. The van der Waals surface area contributed by atoms with Crippen LogP contribution in [-0.4, -0.2) is 23.5 Å². The Balaban J connectivity index is 1.88. The van der Waals surface area contributed by atoms with Gasteiger partial charge in [-0.1, -0.05) is 15.9 Å². The Morgan fingerprint density at radius 2 is 2.19 bits per heavy atom. The number of anilines is 1. The molecule has 3 nitrogen and oxygen atoms in total. The van der Waals surface area contributed by atoms with Crippen molar-refractivity contribution in [3.05, 3.63) is 33.1 Å². The number of nitrogens with zero attached hydrogens (tertiary/aromatic N) is 2. The number of aromatic nitrogens is 1. The highest BCUT2D eigenvalue weighted by molar-refractivity contribution is 9.10. The topological polar surface area (TPSA) is 42.1 Å². The summed E-state index contributed by atoms with van der Waals surface area (Å²) in [6.45, 7) is 2.09. The Hall–Kier alpha value is -0.950. The van der Waals surface area contributed by atoms with Crippen LogP contribution in [0.25, 0.3) is 20.8 Å². The van der Waals surface area contributed by atoms with E-state index in [1.165, 1.54) is 20.7 Å². The Labute approximate surface area is 139 Å². The Bertz CT molecular complexity index is 837. The van der Waals surface area contributed by atoms with Gasteiger partial charge in [-0.05, 0) is 37.2 Å². The first-order chi connectivity index (χ1) is 10.1.